The first-order valence-electron chi connectivity index (χ1n) is 5.65. The molecule has 106 valence electrons. The summed E-state index contributed by atoms with van der Waals surface area (Å²) in [5.41, 5.74) is 1.02. The van der Waals surface area contributed by atoms with E-state index in [0.29, 0.717) is 31.2 Å². The molecule has 0 saturated carbocycles. The van der Waals surface area contributed by atoms with Gasteiger partial charge in [0.2, 0.25) is 5.82 Å². The molecule has 0 aliphatic heterocycles. The van der Waals surface area contributed by atoms with Crippen molar-refractivity contribution in [3.63, 3.8) is 0 Å². The van der Waals surface area contributed by atoms with Crippen LogP contribution in [0.3, 0.4) is 0 Å². The van der Waals surface area contributed by atoms with Crippen molar-refractivity contribution in [3.05, 3.63) is 50.7 Å². The molecule has 0 unspecified atom stereocenters. The maximum absolute atomic E-state index is 6.11. The summed E-state index contributed by atoms with van der Waals surface area (Å²) in [5, 5.41) is 5.46. The summed E-state index contributed by atoms with van der Waals surface area (Å²) < 4.78 is 5.21. The van der Waals surface area contributed by atoms with Gasteiger partial charge in [-0.05, 0) is 18.2 Å². The first kappa shape index (κ1) is 14.6. The van der Waals surface area contributed by atoms with Gasteiger partial charge in [0.1, 0.15) is 0 Å². The maximum atomic E-state index is 6.11. The molecular weight excluding hydrogens is 356 g/mol. The lowest BCUT2D eigenvalue weighted by Crippen LogP contribution is -1.86. The van der Waals surface area contributed by atoms with Gasteiger partial charge in [0.15, 0.2) is 0 Å². The van der Waals surface area contributed by atoms with E-state index in [1.807, 2.05) is 0 Å². The van der Waals surface area contributed by atoms with E-state index >= 15 is 0 Å². The zero-order valence-corrected chi connectivity index (χ0v) is 13.2. The Bertz CT molecular complexity index is 799. The van der Waals surface area contributed by atoms with Gasteiger partial charge in [-0.1, -0.05) is 51.6 Å². The molecule has 0 saturated heterocycles. The molecule has 0 fully saturated rings. The van der Waals surface area contributed by atoms with Crippen molar-refractivity contribution in [2.24, 2.45) is 0 Å². The standard InChI is InChI=1S/C13H5Cl4N3O/c14-6-1-2-7(8(15)3-6)13-19-12(20-21-13)11-9(16)4-18-5-10(11)17/h1-5H. The molecule has 0 bridgehead atoms. The minimum Gasteiger partial charge on any atom is -0.334 e. The van der Waals surface area contributed by atoms with E-state index < -0.39 is 0 Å². The van der Waals surface area contributed by atoms with Crippen LogP contribution in [0.4, 0.5) is 0 Å². The number of aromatic nitrogens is 3. The minimum atomic E-state index is 0.246. The van der Waals surface area contributed by atoms with Crippen LogP contribution in [0.25, 0.3) is 22.8 Å². The predicted molar refractivity (Wildman–Crippen MR) is 83.0 cm³/mol. The van der Waals surface area contributed by atoms with Crippen molar-refractivity contribution >= 4 is 46.4 Å². The summed E-state index contributed by atoms with van der Waals surface area (Å²) in [6.07, 6.45) is 2.90. The molecule has 3 aromatic rings. The molecule has 0 atom stereocenters. The fraction of sp³-hybridized carbons (Fsp3) is 0. The van der Waals surface area contributed by atoms with Crippen LogP contribution in [-0.2, 0) is 0 Å². The van der Waals surface area contributed by atoms with Gasteiger partial charge in [0.25, 0.3) is 5.89 Å². The number of hydrogen-bond acceptors (Lipinski definition) is 4. The van der Waals surface area contributed by atoms with Gasteiger partial charge < -0.3 is 4.52 Å². The highest BCUT2D eigenvalue weighted by Gasteiger charge is 2.18. The average molecular weight is 361 g/mol. The molecule has 21 heavy (non-hydrogen) atoms. The second-order valence-corrected chi connectivity index (χ2v) is 5.68. The summed E-state index contributed by atoms with van der Waals surface area (Å²) in [7, 11) is 0. The van der Waals surface area contributed by atoms with Crippen molar-refractivity contribution < 1.29 is 4.52 Å². The second kappa shape index (κ2) is 5.81. The van der Waals surface area contributed by atoms with Crippen LogP contribution in [0.15, 0.2) is 35.1 Å². The van der Waals surface area contributed by atoms with E-state index in [2.05, 4.69) is 15.1 Å². The largest absolute Gasteiger partial charge is 0.334 e. The van der Waals surface area contributed by atoms with E-state index in [-0.39, 0.29) is 11.7 Å². The monoisotopic (exact) mass is 359 g/mol. The highest BCUT2D eigenvalue weighted by atomic mass is 35.5. The Kier molecular flexibility index (Phi) is 4.04. The summed E-state index contributed by atoms with van der Waals surface area (Å²) in [4.78, 5) is 8.13. The normalized spacial score (nSPS) is 10.9. The smallest absolute Gasteiger partial charge is 0.259 e. The van der Waals surface area contributed by atoms with Crippen molar-refractivity contribution in [1.82, 2.24) is 15.1 Å². The van der Waals surface area contributed by atoms with E-state index in [4.69, 9.17) is 50.9 Å². The molecule has 0 radical (unpaired) electrons. The van der Waals surface area contributed by atoms with Gasteiger partial charge in [-0.3, -0.25) is 4.98 Å². The summed E-state index contributed by atoms with van der Waals surface area (Å²) in [5.74, 6) is 0.504. The molecule has 4 nitrogen and oxygen atoms in total. The number of pyridine rings is 1. The van der Waals surface area contributed by atoms with Gasteiger partial charge in [0, 0.05) is 17.4 Å². The molecular formula is C13H5Cl4N3O. The molecule has 0 aliphatic rings. The fourth-order valence-electron chi connectivity index (χ4n) is 1.72. The molecule has 0 aliphatic carbocycles. The molecule has 2 heterocycles. The first-order valence-corrected chi connectivity index (χ1v) is 7.16. The van der Waals surface area contributed by atoms with Gasteiger partial charge in [-0.25, -0.2) is 0 Å². The molecule has 8 heteroatoms. The van der Waals surface area contributed by atoms with Gasteiger partial charge in [-0.2, -0.15) is 4.98 Å². The Morgan fingerprint density at radius 2 is 1.62 bits per heavy atom. The highest BCUT2D eigenvalue weighted by molar-refractivity contribution is 6.38. The van der Waals surface area contributed by atoms with Crippen molar-refractivity contribution in [3.8, 4) is 22.8 Å². The summed E-state index contributed by atoms with van der Waals surface area (Å²) in [6, 6.07) is 4.96. The number of benzene rings is 1. The molecule has 0 N–H and O–H groups in total. The maximum Gasteiger partial charge on any atom is 0.259 e. The van der Waals surface area contributed by atoms with Gasteiger partial charge in [0.05, 0.1) is 26.2 Å². The van der Waals surface area contributed by atoms with Crippen LogP contribution in [0.1, 0.15) is 0 Å². The van der Waals surface area contributed by atoms with Crippen molar-refractivity contribution in [2.45, 2.75) is 0 Å². The topological polar surface area (TPSA) is 51.8 Å². The predicted octanol–water partition coefficient (Wildman–Crippen LogP) is 5.41. The van der Waals surface area contributed by atoms with Gasteiger partial charge in [-0.15, -0.1) is 0 Å². The zero-order valence-electron chi connectivity index (χ0n) is 10.1. The van der Waals surface area contributed by atoms with Crippen LogP contribution in [0, 0.1) is 0 Å². The van der Waals surface area contributed by atoms with Crippen LogP contribution in [-0.4, -0.2) is 15.1 Å². The van der Waals surface area contributed by atoms with E-state index in [1.54, 1.807) is 18.2 Å². The van der Waals surface area contributed by atoms with Crippen molar-refractivity contribution in [2.75, 3.05) is 0 Å². The van der Waals surface area contributed by atoms with Crippen LogP contribution >= 0.6 is 46.4 Å². The Hall–Kier alpha value is -1.33. The Morgan fingerprint density at radius 1 is 0.905 bits per heavy atom. The SMILES string of the molecule is Clc1ccc(-c2nc(-c3c(Cl)cncc3Cl)no2)c(Cl)c1. The minimum absolute atomic E-state index is 0.246. The van der Waals surface area contributed by atoms with Crippen LogP contribution in [0.2, 0.25) is 20.1 Å². The third-order valence-corrected chi connectivity index (χ3v) is 3.79. The lowest BCUT2D eigenvalue weighted by molar-refractivity contribution is 0.432. The third kappa shape index (κ3) is 2.85. The summed E-state index contributed by atoms with van der Waals surface area (Å²) >= 11 is 24.1. The number of nitrogens with zero attached hydrogens (tertiary/aromatic N) is 3. The molecule has 0 spiro atoms. The first-order chi connectivity index (χ1) is 10.1. The lowest BCUT2D eigenvalue weighted by atomic mass is 10.2. The Morgan fingerprint density at radius 3 is 2.29 bits per heavy atom. The van der Waals surface area contributed by atoms with E-state index in [0.717, 1.165) is 0 Å². The molecule has 1 aromatic carbocycles. The average Bonchev–Trinajstić information content (AvgIpc) is 2.87. The Labute approximate surface area is 139 Å². The van der Waals surface area contributed by atoms with Gasteiger partial charge >= 0.3 is 0 Å². The lowest BCUT2D eigenvalue weighted by Gasteiger charge is -2.00. The van der Waals surface area contributed by atoms with Crippen LogP contribution < -0.4 is 0 Å². The van der Waals surface area contributed by atoms with Crippen LogP contribution in [0.5, 0.6) is 0 Å². The quantitative estimate of drug-likeness (QED) is 0.612. The van der Waals surface area contributed by atoms with Crippen molar-refractivity contribution in [1.29, 1.82) is 0 Å². The highest BCUT2D eigenvalue weighted by Crippen LogP contribution is 2.34. The second-order valence-electron chi connectivity index (χ2n) is 4.03. The van der Waals surface area contributed by atoms with E-state index in [1.165, 1.54) is 12.4 Å². The molecule has 0 amide bonds. The zero-order chi connectivity index (χ0) is 15.0. The number of halogens is 4. The third-order valence-electron chi connectivity index (χ3n) is 2.66. The Balaban J connectivity index is 2.08. The number of hydrogen-bond donors (Lipinski definition) is 0. The number of rotatable bonds is 2. The molecule has 2 aromatic heterocycles. The van der Waals surface area contributed by atoms with E-state index in [9.17, 15) is 0 Å². The molecule has 3 rings (SSSR count). The summed E-state index contributed by atoms with van der Waals surface area (Å²) in [6.45, 7) is 0. The fourth-order valence-corrected chi connectivity index (χ4v) is 2.75.